The maximum Gasteiger partial charge on any atom is 0.206 e. The molecule has 0 bridgehead atoms. The number of nitrogens with zero attached hydrogens (tertiary/aromatic N) is 1. The number of rotatable bonds is 4. The minimum atomic E-state index is -2.69. The van der Waals surface area contributed by atoms with Crippen molar-refractivity contribution < 1.29 is 34.8 Å². The first-order valence-corrected chi connectivity index (χ1v) is 14.2. The van der Waals surface area contributed by atoms with Crippen LogP contribution in [0.25, 0.3) is 11.5 Å². The van der Waals surface area contributed by atoms with E-state index in [-0.39, 0.29) is 28.9 Å². The van der Waals surface area contributed by atoms with Gasteiger partial charge in [-0.25, -0.2) is 0 Å². The number of Topliss-reactive ketones (excluding diaryl/α,β-unsaturated/α-hetero) is 3. The minimum Gasteiger partial charge on any atom is -0.507 e. The number of hydrogen-bond acceptors (Lipinski definition) is 8. The molecule has 2 aromatic carbocycles. The maximum absolute atomic E-state index is 14.0. The molecular formula is C34H33NO7. The minimum absolute atomic E-state index is 0.0150. The van der Waals surface area contributed by atoms with Crippen LogP contribution in [-0.2, 0) is 20.8 Å². The summed E-state index contributed by atoms with van der Waals surface area (Å²) in [5.41, 5.74) is 2.08. The van der Waals surface area contributed by atoms with E-state index in [1.165, 1.54) is 6.92 Å². The largest absolute Gasteiger partial charge is 0.507 e. The van der Waals surface area contributed by atoms with Gasteiger partial charge in [0.1, 0.15) is 11.5 Å². The monoisotopic (exact) mass is 567 g/mol. The lowest BCUT2D eigenvalue weighted by Crippen LogP contribution is -2.66. The number of hydrogen-bond donors (Lipinski definition) is 4. The van der Waals surface area contributed by atoms with Gasteiger partial charge in [-0.15, -0.1) is 0 Å². The lowest BCUT2D eigenvalue weighted by atomic mass is 9.54. The highest BCUT2D eigenvalue weighted by Crippen LogP contribution is 2.55. The van der Waals surface area contributed by atoms with Gasteiger partial charge in [-0.1, -0.05) is 55.0 Å². The van der Waals surface area contributed by atoms with Crippen LogP contribution in [0.15, 0.2) is 69.7 Å². The van der Waals surface area contributed by atoms with E-state index in [1.54, 1.807) is 26.0 Å². The second-order valence-electron chi connectivity index (χ2n) is 12.1. The number of aliphatic hydroxyl groups excluding tert-OH is 2. The van der Waals surface area contributed by atoms with E-state index >= 15 is 0 Å². The molecule has 6 rings (SSSR count). The van der Waals surface area contributed by atoms with Crippen molar-refractivity contribution in [2.24, 2.45) is 16.8 Å². The third-order valence-electron chi connectivity index (χ3n) is 9.52. The average molecular weight is 568 g/mol. The predicted molar refractivity (Wildman–Crippen MR) is 157 cm³/mol. The predicted octanol–water partition coefficient (Wildman–Crippen LogP) is 4.38. The number of benzene rings is 2. The Kier molecular flexibility index (Phi) is 6.48. The third kappa shape index (κ3) is 3.82. The number of aliphatic imine (C=N–C) groups is 1. The van der Waals surface area contributed by atoms with Gasteiger partial charge in [0.05, 0.1) is 22.9 Å². The van der Waals surface area contributed by atoms with Crippen LogP contribution >= 0.6 is 0 Å². The summed E-state index contributed by atoms with van der Waals surface area (Å²) in [6.07, 6.45) is -0.446. The van der Waals surface area contributed by atoms with Crippen molar-refractivity contribution in [3.8, 4) is 5.75 Å². The maximum atomic E-state index is 14.0. The summed E-state index contributed by atoms with van der Waals surface area (Å²) in [4.78, 5) is 44.5. The first kappa shape index (κ1) is 28.0. The molecule has 5 atom stereocenters. The lowest BCUT2D eigenvalue weighted by molar-refractivity contribution is -0.167. The highest BCUT2D eigenvalue weighted by Gasteiger charge is 2.65. The number of phenolic OH excluding ortho intramolecular Hbond substituents is 1. The van der Waals surface area contributed by atoms with E-state index < -0.39 is 52.6 Å². The fourth-order valence-corrected chi connectivity index (χ4v) is 7.48. The number of aliphatic hydroxyl groups is 3. The Hall–Kier alpha value is -4.14. The standard InChI is InChI=1S/C34H33NO7/c1-15-13-23-30(38)25-17(3)22-11-10-20(14-21-12-16(2)28(35-21)19-8-6-5-7-9-19)29(37)26(22)31(39)27(25)33(41)34(23,42)32(40)24(15)18(4)36/h5-11,17,23,25,30,37-39,42H,12-14H2,1-4H3. The van der Waals surface area contributed by atoms with Crippen molar-refractivity contribution in [3.05, 3.63) is 87.0 Å². The van der Waals surface area contributed by atoms with E-state index in [0.717, 1.165) is 22.5 Å². The van der Waals surface area contributed by atoms with Gasteiger partial charge in [0.25, 0.3) is 0 Å². The molecule has 0 saturated heterocycles. The fraction of sp³-hybridized carbons (Fsp3) is 0.353. The summed E-state index contributed by atoms with van der Waals surface area (Å²) in [5.74, 6) is -6.08. The second-order valence-corrected chi connectivity index (χ2v) is 12.1. The van der Waals surface area contributed by atoms with Crippen LogP contribution in [0.2, 0.25) is 0 Å². The molecule has 1 aliphatic heterocycles. The Morgan fingerprint density at radius 1 is 1.02 bits per heavy atom. The number of fused-ring (bicyclic) bond motifs is 3. The Bertz CT molecular complexity index is 1710. The molecule has 0 aromatic heterocycles. The van der Waals surface area contributed by atoms with E-state index in [2.05, 4.69) is 0 Å². The zero-order valence-electron chi connectivity index (χ0n) is 23.9. The molecule has 4 aliphatic rings. The Labute approximate surface area is 243 Å². The molecule has 0 spiro atoms. The zero-order chi connectivity index (χ0) is 30.2. The number of ketones is 3. The molecule has 216 valence electrons. The summed E-state index contributed by atoms with van der Waals surface area (Å²) in [7, 11) is 0. The molecule has 42 heavy (non-hydrogen) atoms. The molecule has 1 heterocycles. The molecule has 3 aliphatic carbocycles. The average Bonchev–Trinajstić information content (AvgIpc) is 3.32. The number of carbonyl (C=O) groups is 3. The lowest BCUT2D eigenvalue weighted by Gasteiger charge is -2.50. The summed E-state index contributed by atoms with van der Waals surface area (Å²) in [6.45, 7) is 6.58. The van der Waals surface area contributed by atoms with E-state index in [4.69, 9.17) is 4.99 Å². The number of carbonyl (C=O) groups excluding carboxylic acids is 3. The van der Waals surface area contributed by atoms with Crippen molar-refractivity contribution >= 4 is 34.5 Å². The summed E-state index contributed by atoms with van der Waals surface area (Å²) in [6, 6.07) is 13.4. The molecule has 1 saturated carbocycles. The highest BCUT2D eigenvalue weighted by atomic mass is 16.3. The number of phenols is 1. The van der Waals surface area contributed by atoms with Gasteiger partial charge in [0, 0.05) is 47.1 Å². The van der Waals surface area contributed by atoms with Crippen LogP contribution < -0.4 is 0 Å². The SMILES string of the molecule is CC(=O)C1=C(C)CC2C(O)C3C(=C(O)c4c(ccc(CC5=NC(c6ccccc6)=C(C)C5)c4O)C3C)C(=O)C2(O)C1=O. The van der Waals surface area contributed by atoms with Crippen LogP contribution in [0.1, 0.15) is 68.7 Å². The van der Waals surface area contributed by atoms with Gasteiger partial charge in [0.15, 0.2) is 11.4 Å². The molecule has 1 fully saturated rings. The van der Waals surface area contributed by atoms with E-state index in [1.807, 2.05) is 37.3 Å². The Morgan fingerprint density at radius 2 is 1.71 bits per heavy atom. The van der Waals surface area contributed by atoms with Gasteiger partial charge < -0.3 is 20.4 Å². The molecule has 0 amide bonds. The normalized spacial score (nSPS) is 29.0. The van der Waals surface area contributed by atoms with Gasteiger partial charge in [-0.2, -0.15) is 0 Å². The van der Waals surface area contributed by atoms with Gasteiger partial charge in [0.2, 0.25) is 11.6 Å². The third-order valence-corrected chi connectivity index (χ3v) is 9.52. The highest BCUT2D eigenvalue weighted by molar-refractivity contribution is 6.33. The first-order valence-electron chi connectivity index (χ1n) is 14.2. The van der Waals surface area contributed by atoms with Crippen LogP contribution in [0.4, 0.5) is 0 Å². The molecular weight excluding hydrogens is 534 g/mol. The number of aromatic hydroxyl groups is 1. The van der Waals surface area contributed by atoms with Crippen molar-refractivity contribution in [1.82, 2.24) is 0 Å². The molecule has 5 unspecified atom stereocenters. The molecule has 8 heteroatoms. The van der Waals surface area contributed by atoms with Gasteiger partial charge in [-0.3, -0.25) is 19.4 Å². The van der Waals surface area contributed by atoms with Crippen molar-refractivity contribution in [3.63, 3.8) is 0 Å². The number of allylic oxidation sites excluding steroid dienone is 2. The quantitative estimate of drug-likeness (QED) is 0.317. The van der Waals surface area contributed by atoms with Gasteiger partial charge >= 0.3 is 0 Å². The van der Waals surface area contributed by atoms with E-state index in [0.29, 0.717) is 29.5 Å². The van der Waals surface area contributed by atoms with Crippen LogP contribution in [0, 0.1) is 11.8 Å². The Balaban J connectivity index is 1.41. The second kappa shape index (κ2) is 9.71. The molecule has 2 aromatic rings. The van der Waals surface area contributed by atoms with Crippen LogP contribution in [-0.4, -0.2) is 55.2 Å². The van der Waals surface area contributed by atoms with Crippen LogP contribution in [0.5, 0.6) is 5.75 Å². The molecule has 8 nitrogen and oxygen atoms in total. The summed E-state index contributed by atoms with van der Waals surface area (Å²) >= 11 is 0. The van der Waals surface area contributed by atoms with Crippen molar-refractivity contribution in [2.45, 2.75) is 64.6 Å². The topological polar surface area (TPSA) is 144 Å². The van der Waals surface area contributed by atoms with Crippen LogP contribution in [0.3, 0.4) is 0 Å². The van der Waals surface area contributed by atoms with Crippen molar-refractivity contribution in [1.29, 1.82) is 0 Å². The smallest absolute Gasteiger partial charge is 0.206 e. The van der Waals surface area contributed by atoms with Crippen molar-refractivity contribution in [2.75, 3.05) is 0 Å². The molecule has 4 N–H and O–H groups in total. The molecule has 0 radical (unpaired) electrons. The zero-order valence-corrected chi connectivity index (χ0v) is 23.9. The fourth-order valence-electron chi connectivity index (χ4n) is 7.48. The van der Waals surface area contributed by atoms with E-state index in [9.17, 15) is 34.8 Å². The summed E-state index contributed by atoms with van der Waals surface area (Å²) in [5, 5.41) is 46.1. The Morgan fingerprint density at radius 3 is 2.38 bits per heavy atom. The first-order chi connectivity index (χ1) is 19.9. The van der Waals surface area contributed by atoms with Gasteiger partial charge in [-0.05, 0) is 44.2 Å². The summed E-state index contributed by atoms with van der Waals surface area (Å²) < 4.78 is 0.